The van der Waals surface area contributed by atoms with Gasteiger partial charge in [0.05, 0.1) is 6.61 Å². The Morgan fingerprint density at radius 2 is 1.09 bits per heavy atom. The second-order valence-corrected chi connectivity index (χ2v) is 13.7. The van der Waals surface area contributed by atoms with E-state index in [1.54, 1.807) is 0 Å². The zero-order chi connectivity index (χ0) is 39.7. The summed E-state index contributed by atoms with van der Waals surface area (Å²) in [6.07, 6.45) is 29.9. The number of allylic oxidation sites excluding steroid dienone is 10. The Hall–Kier alpha value is -3.09. The summed E-state index contributed by atoms with van der Waals surface area (Å²) in [6.45, 7) is 3.58. The molecule has 0 aromatic heterocycles. The normalized spacial score (nSPS) is 21.2. The van der Waals surface area contributed by atoms with Crippen LogP contribution < -0.4 is 0 Å². The van der Waals surface area contributed by atoms with Crippen LogP contribution in [0.15, 0.2) is 60.8 Å². The van der Waals surface area contributed by atoms with Gasteiger partial charge in [0.1, 0.15) is 24.9 Å². The Bertz CT molecular complexity index is 1130. The first-order chi connectivity index (χ1) is 26.2. The molecule has 1 aliphatic heterocycles. The number of hydrogen-bond donors (Lipinski definition) is 4. The maximum absolute atomic E-state index is 12.7. The van der Waals surface area contributed by atoms with Crippen LogP contribution in [0.25, 0.3) is 0 Å². The smallest absolute Gasteiger partial charge is 0.335 e. The third kappa shape index (κ3) is 25.1. The van der Waals surface area contributed by atoms with E-state index in [4.69, 9.17) is 18.9 Å². The van der Waals surface area contributed by atoms with Crippen LogP contribution in [0.2, 0.25) is 0 Å². The number of aliphatic carboxylic acids is 1. The molecule has 54 heavy (non-hydrogen) atoms. The molecule has 1 saturated heterocycles. The predicted molar refractivity (Wildman–Crippen MR) is 210 cm³/mol. The van der Waals surface area contributed by atoms with Gasteiger partial charge in [0.15, 0.2) is 18.5 Å². The number of carbonyl (C=O) groups excluding carboxylic acids is 2. The van der Waals surface area contributed by atoms with E-state index in [0.29, 0.717) is 12.8 Å². The Balaban J connectivity index is 2.44. The van der Waals surface area contributed by atoms with Crippen molar-refractivity contribution >= 4 is 17.9 Å². The van der Waals surface area contributed by atoms with E-state index < -0.39 is 61.3 Å². The van der Waals surface area contributed by atoms with Gasteiger partial charge in [-0.15, -0.1) is 0 Å². The summed E-state index contributed by atoms with van der Waals surface area (Å²) in [5, 5.41) is 39.7. The first-order valence-electron chi connectivity index (χ1n) is 20.3. The van der Waals surface area contributed by atoms with Crippen LogP contribution in [0.3, 0.4) is 0 Å². The molecule has 1 heterocycles. The van der Waals surface area contributed by atoms with E-state index in [-0.39, 0.29) is 19.4 Å². The van der Waals surface area contributed by atoms with Crippen LogP contribution in [-0.4, -0.2) is 88.4 Å². The lowest BCUT2D eigenvalue weighted by atomic mass is 9.99. The van der Waals surface area contributed by atoms with Crippen molar-refractivity contribution in [3.05, 3.63) is 60.8 Å². The number of aliphatic hydroxyl groups is 3. The summed E-state index contributed by atoms with van der Waals surface area (Å²) in [6, 6.07) is 0. The summed E-state index contributed by atoms with van der Waals surface area (Å²) < 4.78 is 21.6. The maximum atomic E-state index is 12.7. The number of carboxylic acid groups (broad SMARTS) is 1. The molecule has 0 aromatic rings. The van der Waals surface area contributed by atoms with E-state index >= 15 is 0 Å². The summed E-state index contributed by atoms with van der Waals surface area (Å²) in [5.41, 5.74) is 0. The molecule has 11 nitrogen and oxygen atoms in total. The van der Waals surface area contributed by atoms with E-state index in [0.717, 1.165) is 103 Å². The van der Waals surface area contributed by atoms with E-state index in [1.807, 2.05) is 0 Å². The average molecular weight is 763 g/mol. The summed E-state index contributed by atoms with van der Waals surface area (Å²) in [7, 11) is 0. The molecule has 0 aliphatic carbocycles. The fourth-order valence-corrected chi connectivity index (χ4v) is 5.63. The lowest BCUT2D eigenvalue weighted by Crippen LogP contribution is -2.60. The molecule has 11 heteroatoms. The zero-order valence-electron chi connectivity index (χ0n) is 32.9. The van der Waals surface area contributed by atoms with Crippen LogP contribution in [-0.2, 0) is 33.3 Å². The van der Waals surface area contributed by atoms with Crippen molar-refractivity contribution in [2.45, 2.75) is 179 Å². The predicted octanol–water partition coefficient (Wildman–Crippen LogP) is 7.97. The quantitative estimate of drug-likeness (QED) is 0.0298. The van der Waals surface area contributed by atoms with Crippen molar-refractivity contribution in [1.82, 2.24) is 0 Å². The number of esters is 2. The second kappa shape index (κ2) is 33.3. The maximum Gasteiger partial charge on any atom is 0.335 e. The zero-order valence-corrected chi connectivity index (χ0v) is 32.9. The molecule has 0 spiro atoms. The topological polar surface area (TPSA) is 169 Å². The minimum Gasteiger partial charge on any atom is -0.479 e. The highest BCUT2D eigenvalue weighted by Crippen LogP contribution is 2.23. The van der Waals surface area contributed by atoms with Gasteiger partial charge in [-0.25, -0.2) is 4.79 Å². The van der Waals surface area contributed by atoms with Crippen LogP contribution in [0, 0.1) is 0 Å². The van der Waals surface area contributed by atoms with Gasteiger partial charge in [-0.2, -0.15) is 0 Å². The molecule has 0 saturated carbocycles. The van der Waals surface area contributed by atoms with Crippen LogP contribution in [0.1, 0.15) is 142 Å². The van der Waals surface area contributed by atoms with Crippen molar-refractivity contribution in [2.24, 2.45) is 0 Å². The van der Waals surface area contributed by atoms with Crippen LogP contribution in [0.5, 0.6) is 0 Å². The van der Waals surface area contributed by atoms with Gasteiger partial charge >= 0.3 is 17.9 Å². The molecule has 308 valence electrons. The molecule has 0 bridgehead atoms. The number of rotatable bonds is 32. The number of unbranched alkanes of at least 4 members (excludes halogenated alkanes) is 11. The van der Waals surface area contributed by atoms with Crippen molar-refractivity contribution < 1.29 is 53.8 Å². The van der Waals surface area contributed by atoms with Gasteiger partial charge in [0.25, 0.3) is 0 Å². The minimum atomic E-state index is -1.87. The SMILES string of the molecule is CC/C=C\C/C=C\C/C=C\CCCCCCCC(=O)OCC(COC1OC(C(=O)O)C(O)C(O)C1O)OC(=O)CCCCCCC/C=C\C/C=C\CCC. The Morgan fingerprint density at radius 1 is 0.593 bits per heavy atom. The molecule has 6 unspecified atom stereocenters. The van der Waals surface area contributed by atoms with Gasteiger partial charge in [0.2, 0.25) is 0 Å². The standard InChI is InChI=1S/C43H70O11/c1-3-5-7-9-11-13-15-17-18-20-21-23-25-27-29-31-36(44)51-33-35(34-52-43-40(48)38(46)39(47)41(54-43)42(49)50)53-37(45)32-30-28-26-24-22-19-16-14-12-10-8-6-4-2/h5,7-8,10-11,13-14,16-18,35,38-41,43,46-48H,3-4,6,9,12,15,19-34H2,1-2H3,(H,49,50)/b7-5-,10-8-,13-11-,16-14-,18-17-. The van der Waals surface area contributed by atoms with Gasteiger partial charge in [-0.05, 0) is 70.6 Å². The Labute approximate surface area is 324 Å². The second-order valence-electron chi connectivity index (χ2n) is 13.7. The Morgan fingerprint density at radius 3 is 1.65 bits per heavy atom. The molecule has 0 radical (unpaired) electrons. The summed E-state index contributed by atoms with van der Waals surface area (Å²) in [5.74, 6) is -2.50. The largest absolute Gasteiger partial charge is 0.479 e. The lowest BCUT2D eigenvalue weighted by molar-refractivity contribution is -0.298. The molecular weight excluding hydrogens is 692 g/mol. The van der Waals surface area contributed by atoms with Gasteiger partial charge < -0.3 is 39.4 Å². The highest BCUT2D eigenvalue weighted by atomic mass is 16.7. The van der Waals surface area contributed by atoms with Crippen molar-refractivity contribution in [3.63, 3.8) is 0 Å². The molecule has 1 fully saturated rings. The van der Waals surface area contributed by atoms with Crippen molar-refractivity contribution in [2.75, 3.05) is 13.2 Å². The van der Waals surface area contributed by atoms with Crippen LogP contribution in [0.4, 0.5) is 0 Å². The number of hydrogen-bond acceptors (Lipinski definition) is 10. The fourth-order valence-electron chi connectivity index (χ4n) is 5.63. The number of aliphatic hydroxyl groups excluding tert-OH is 3. The molecule has 4 N–H and O–H groups in total. The van der Waals surface area contributed by atoms with Crippen molar-refractivity contribution in [1.29, 1.82) is 0 Å². The van der Waals surface area contributed by atoms with Crippen molar-refractivity contribution in [3.8, 4) is 0 Å². The monoisotopic (exact) mass is 762 g/mol. The number of carbonyl (C=O) groups is 3. The first-order valence-corrected chi connectivity index (χ1v) is 20.3. The summed E-state index contributed by atoms with van der Waals surface area (Å²) >= 11 is 0. The van der Waals surface area contributed by atoms with E-state index in [1.165, 1.54) is 0 Å². The van der Waals surface area contributed by atoms with Gasteiger partial charge in [0, 0.05) is 12.8 Å². The first kappa shape index (κ1) is 48.9. The molecule has 1 aliphatic rings. The molecular formula is C43H70O11. The van der Waals surface area contributed by atoms with E-state index in [9.17, 15) is 34.8 Å². The minimum absolute atomic E-state index is 0.159. The molecule has 6 atom stereocenters. The molecule has 0 aromatic carbocycles. The third-order valence-corrected chi connectivity index (χ3v) is 8.83. The van der Waals surface area contributed by atoms with E-state index in [2.05, 4.69) is 74.6 Å². The number of ether oxygens (including phenoxy) is 4. The van der Waals surface area contributed by atoms with Gasteiger partial charge in [-0.3, -0.25) is 9.59 Å². The van der Waals surface area contributed by atoms with Crippen LogP contribution >= 0.6 is 0 Å². The third-order valence-electron chi connectivity index (χ3n) is 8.83. The fraction of sp³-hybridized carbons (Fsp3) is 0.698. The number of carboxylic acids is 1. The summed E-state index contributed by atoms with van der Waals surface area (Å²) in [4.78, 5) is 36.7. The highest BCUT2D eigenvalue weighted by molar-refractivity contribution is 5.73. The molecule has 0 amide bonds. The average Bonchev–Trinajstić information content (AvgIpc) is 3.15. The Kier molecular flexibility index (Phi) is 30.1. The lowest BCUT2D eigenvalue weighted by Gasteiger charge is -2.38. The van der Waals surface area contributed by atoms with Gasteiger partial charge in [-0.1, -0.05) is 120 Å². The molecule has 1 rings (SSSR count). The highest BCUT2D eigenvalue weighted by Gasteiger charge is 2.47.